The fourth-order valence-electron chi connectivity index (χ4n) is 0.0882. The van der Waals surface area contributed by atoms with Crippen molar-refractivity contribution in [1.29, 1.82) is 0 Å². The molecule has 2 atom stereocenters. The van der Waals surface area contributed by atoms with Crippen molar-refractivity contribution >= 4 is 9.24 Å². The van der Waals surface area contributed by atoms with Crippen LogP contribution in [0.4, 0.5) is 0 Å². The highest BCUT2D eigenvalue weighted by atomic mass is 31.0. The third-order valence-corrected chi connectivity index (χ3v) is 0.505. The molecule has 0 aromatic carbocycles. The van der Waals surface area contributed by atoms with Crippen molar-refractivity contribution in [3.05, 3.63) is 12.3 Å². The van der Waals surface area contributed by atoms with Crippen molar-refractivity contribution in [2.45, 2.75) is 5.85 Å². The molecule has 0 saturated heterocycles. The van der Waals surface area contributed by atoms with Crippen LogP contribution in [-0.4, -0.2) is 16.1 Å². The van der Waals surface area contributed by atoms with E-state index in [1.54, 1.807) is 0 Å². The zero-order valence-corrected chi connectivity index (χ0v) is 4.36. The third kappa shape index (κ3) is 3.93. The second-order valence-corrected chi connectivity index (χ2v) is 1.52. The van der Waals surface area contributed by atoms with E-state index in [9.17, 15) is 0 Å². The van der Waals surface area contributed by atoms with Crippen molar-refractivity contribution in [1.82, 2.24) is 0 Å². The molecule has 0 rings (SSSR count). The van der Waals surface area contributed by atoms with Gasteiger partial charge in [-0.3, -0.25) is 0 Å². The Morgan fingerprint density at radius 1 is 1.67 bits per heavy atom. The highest BCUT2D eigenvalue weighted by molar-refractivity contribution is 7.17. The zero-order valence-electron chi connectivity index (χ0n) is 3.20. The summed E-state index contributed by atoms with van der Waals surface area (Å²) in [6.07, 6.45) is 2.04. The van der Waals surface area contributed by atoms with Gasteiger partial charge in [0, 0.05) is 0 Å². The van der Waals surface area contributed by atoms with Crippen molar-refractivity contribution < 1.29 is 10.2 Å². The van der Waals surface area contributed by atoms with E-state index in [0.29, 0.717) is 0 Å². The maximum absolute atomic E-state index is 8.27. The molecular weight excluding hydrogens is 99.0 g/mol. The summed E-state index contributed by atoms with van der Waals surface area (Å²) in [5.41, 5.74) is 0. The summed E-state index contributed by atoms with van der Waals surface area (Å²) in [5, 5.41) is 16.2. The second kappa shape index (κ2) is 3.13. The van der Waals surface area contributed by atoms with Gasteiger partial charge in [-0.2, -0.15) is 0 Å². The van der Waals surface area contributed by atoms with Gasteiger partial charge in [-0.25, -0.2) is 0 Å². The van der Waals surface area contributed by atoms with E-state index < -0.39 is 5.85 Å². The lowest BCUT2D eigenvalue weighted by Crippen LogP contribution is -1.84. The smallest absolute Gasteiger partial charge is 0.0884 e. The van der Waals surface area contributed by atoms with Crippen molar-refractivity contribution in [3.8, 4) is 0 Å². The molecular formula is C3H7O2P. The Morgan fingerprint density at radius 2 is 2.17 bits per heavy atom. The summed E-state index contributed by atoms with van der Waals surface area (Å²) >= 11 is 0. The average Bonchev–Trinajstić information content (AvgIpc) is 1.35. The van der Waals surface area contributed by atoms with Crippen LogP contribution in [0.1, 0.15) is 0 Å². The second-order valence-electron chi connectivity index (χ2n) is 0.832. The molecule has 3 heteroatoms. The normalized spacial score (nSPS) is 15.7. The monoisotopic (exact) mass is 106 g/mol. The quantitative estimate of drug-likeness (QED) is 0.371. The summed E-state index contributed by atoms with van der Waals surface area (Å²) in [7, 11) is 2.09. The number of aliphatic hydroxyl groups excluding tert-OH is 2. The number of hydrogen-bond donors (Lipinski definition) is 2. The Bertz CT molecular complexity index is 50.8. The van der Waals surface area contributed by atoms with Crippen molar-refractivity contribution in [3.63, 3.8) is 0 Å². The molecule has 0 aliphatic carbocycles. The van der Waals surface area contributed by atoms with Crippen LogP contribution >= 0.6 is 9.24 Å². The fraction of sp³-hybridized carbons (Fsp3) is 0.333. The summed E-state index contributed by atoms with van der Waals surface area (Å²) in [6.45, 7) is 0. The Hall–Kier alpha value is -0.0700. The van der Waals surface area contributed by atoms with Gasteiger partial charge < -0.3 is 10.2 Å². The number of rotatable bonds is 1. The average molecular weight is 106 g/mol. The van der Waals surface area contributed by atoms with E-state index in [1.807, 2.05) is 0 Å². The molecule has 2 unspecified atom stereocenters. The minimum atomic E-state index is -0.616. The van der Waals surface area contributed by atoms with Gasteiger partial charge in [-0.1, -0.05) is 0 Å². The van der Waals surface area contributed by atoms with Gasteiger partial charge in [0.15, 0.2) is 0 Å². The molecule has 0 radical (unpaired) electrons. The van der Waals surface area contributed by atoms with E-state index >= 15 is 0 Å². The molecule has 2 nitrogen and oxygen atoms in total. The largest absolute Gasteiger partial charge is 0.516 e. The van der Waals surface area contributed by atoms with Crippen LogP contribution in [0.3, 0.4) is 0 Å². The van der Waals surface area contributed by atoms with Crippen LogP contribution in [0.25, 0.3) is 0 Å². The van der Waals surface area contributed by atoms with Crippen LogP contribution in [-0.2, 0) is 0 Å². The first-order chi connectivity index (χ1) is 2.77. The molecule has 0 heterocycles. The van der Waals surface area contributed by atoms with Crippen molar-refractivity contribution in [2.75, 3.05) is 0 Å². The minimum absolute atomic E-state index is 0.616. The van der Waals surface area contributed by atoms with Crippen LogP contribution in [0.5, 0.6) is 0 Å². The number of hydrogen-bond acceptors (Lipinski definition) is 2. The SMILES string of the molecule is OC=CC(O)P. The fourth-order valence-corrected chi connectivity index (χ4v) is 0.188. The predicted molar refractivity (Wildman–Crippen MR) is 27.5 cm³/mol. The van der Waals surface area contributed by atoms with Gasteiger partial charge in [0.1, 0.15) is 0 Å². The first-order valence-corrected chi connectivity index (χ1v) is 2.18. The first kappa shape index (κ1) is 5.93. The lowest BCUT2D eigenvalue weighted by Gasteiger charge is -1.86. The van der Waals surface area contributed by atoms with E-state index in [2.05, 4.69) is 9.24 Å². The summed E-state index contributed by atoms with van der Waals surface area (Å²) in [5.74, 6) is -0.616. The van der Waals surface area contributed by atoms with Gasteiger partial charge in [0.2, 0.25) is 0 Å². The molecule has 0 spiro atoms. The minimum Gasteiger partial charge on any atom is -0.516 e. The molecule has 0 aliphatic heterocycles. The Morgan fingerprint density at radius 3 is 2.17 bits per heavy atom. The molecule has 0 aliphatic rings. The predicted octanol–water partition coefficient (Wildman–Crippen LogP) is 0.252. The third-order valence-electron chi connectivity index (χ3n) is 0.283. The van der Waals surface area contributed by atoms with Gasteiger partial charge in [-0.15, -0.1) is 9.24 Å². The standard InChI is InChI=1S/C3H7O2P/c4-2-1-3(5)6/h1-5H,6H2. The number of aliphatic hydroxyl groups is 2. The van der Waals surface area contributed by atoms with E-state index in [4.69, 9.17) is 10.2 Å². The van der Waals surface area contributed by atoms with E-state index in [0.717, 1.165) is 6.26 Å². The molecule has 0 fully saturated rings. The van der Waals surface area contributed by atoms with Gasteiger partial charge in [-0.05, 0) is 6.08 Å². The van der Waals surface area contributed by atoms with Gasteiger partial charge in [0.25, 0.3) is 0 Å². The zero-order chi connectivity index (χ0) is 4.99. The van der Waals surface area contributed by atoms with E-state index in [1.165, 1.54) is 6.08 Å². The first-order valence-electron chi connectivity index (χ1n) is 1.52. The van der Waals surface area contributed by atoms with Gasteiger partial charge >= 0.3 is 0 Å². The summed E-state index contributed by atoms with van der Waals surface area (Å²) in [4.78, 5) is 0. The van der Waals surface area contributed by atoms with Crippen LogP contribution in [0.15, 0.2) is 12.3 Å². The van der Waals surface area contributed by atoms with Gasteiger partial charge in [0.05, 0.1) is 12.1 Å². The molecule has 6 heavy (non-hydrogen) atoms. The Kier molecular flexibility index (Phi) is 3.10. The Labute approximate surface area is 38.7 Å². The van der Waals surface area contributed by atoms with Crippen LogP contribution in [0, 0.1) is 0 Å². The molecule has 0 amide bonds. The summed E-state index contributed by atoms with van der Waals surface area (Å²) in [6, 6.07) is 0. The summed E-state index contributed by atoms with van der Waals surface area (Å²) < 4.78 is 0. The molecule has 2 N–H and O–H groups in total. The van der Waals surface area contributed by atoms with Crippen LogP contribution in [0.2, 0.25) is 0 Å². The van der Waals surface area contributed by atoms with E-state index in [-0.39, 0.29) is 0 Å². The van der Waals surface area contributed by atoms with Crippen LogP contribution < -0.4 is 0 Å². The maximum atomic E-state index is 8.27. The van der Waals surface area contributed by atoms with Crippen molar-refractivity contribution in [2.24, 2.45) is 0 Å². The topological polar surface area (TPSA) is 40.5 Å². The molecule has 0 aromatic heterocycles. The lowest BCUT2D eigenvalue weighted by atomic mass is 10.7. The molecule has 0 aromatic rings. The highest BCUT2D eigenvalue weighted by Gasteiger charge is 1.79. The maximum Gasteiger partial charge on any atom is 0.0884 e. The highest BCUT2D eigenvalue weighted by Crippen LogP contribution is 1.92. The lowest BCUT2D eigenvalue weighted by molar-refractivity contribution is 0.304. The molecule has 36 valence electrons. The molecule has 0 saturated carbocycles. The molecule has 0 bridgehead atoms. The Balaban J connectivity index is 3.03.